The zero-order valence-corrected chi connectivity index (χ0v) is 30.8. The molecule has 282 valence electrons. The summed E-state index contributed by atoms with van der Waals surface area (Å²) in [5.41, 5.74) is 5.58. The molecule has 1 saturated carbocycles. The highest BCUT2D eigenvalue weighted by molar-refractivity contribution is 7.23. The number of nitrogen functional groups attached to an aromatic ring is 1. The minimum absolute atomic E-state index is 0.0127. The van der Waals surface area contributed by atoms with Gasteiger partial charge in [-0.3, -0.25) is 15.0 Å². The van der Waals surface area contributed by atoms with E-state index in [1.54, 1.807) is 0 Å². The minimum Gasteiger partial charge on any atom is -0.491 e. The molecule has 2 aromatic carbocycles. The summed E-state index contributed by atoms with van der Waals surface area (Å²) in [7, 11) is 0. The van der Waals surface area contributed by atoms with E-state index in [9.17, 15) is 14.4 Å². The average molecular weight is 779 g/mol. The predicted molar refractivity (Wildman–Crippen MR) is 199 cm³/mol. The lowest BCUT2D eigenvalue weighted by molar-refractivity contribution is -0.121. The normalized spacial score (nSPS) is 28.9. The SMILES string of the molecule is N#Cc1c(N)sc2c(F)ccc(-c3c(Cl)c4c5c(nc(OC[C@@]67CCCN6C[C@H](F)C7)nc5c3F)N3CC(NC(=O)[C@@H]5NC5C5CC5)CCC3CCO4)c12. The number of hydrogen-bond donors (Lipinski definition) is 3. The number of hydrogen-bond acceptors (Lipinski definition) is 11. The lowest BCUT2D eigenvalue weighted by Gasteiger charge is -2.42. The van der Waals surface area contributed by atoms with Crippen molar-refractivity contribution in [2.75, 3.05) is 43.5 Å². The number of nitrogens with one attached hydrogen (secondary N) is 2. The van der Waals surface area contributed by atoms with Crippen molar-refractivity contribution in [1.82, 2.24) is 25.5 Å². The minimum atomic E-state index is -0.967. The summed E-state index contributed by atoms with van der Waals surface area (Å²) in [6, 6.07) is 4.36. The Morgan fingerprint density at radius 2 is 2.06 bits per heavy atom. The molecular weight excluding hydrogens is 741 g/mol. The van der Waals surface area contributed by atoms with Gasteiger partial charge in [-0.1, -0.05) is 17.7 Å². The monoisotopic (exact) mass is 778 g/mol. The molecule has 6 atom stereocenters. The molecule has 0 spiro atoms. The van der Waals surface area contributed by atoms with Crippen LogP contribution in [-0.4, -0.2) is 89.5 Å². The molecule has 16 heteroatoms. The van der Waals surface area contributed by atoms with E-state index in [-0.39, 0.29) is 103 Å². The second kappa shape index (κ2) is 12.7. The fourth-order valence-corrected chi connectivity index (χ4v) is 10.9. The molecule has 6 aliphatic rings. The maximum absolute atomic E-state index is 17.5. The van der Waals surface area contributed by atoms with E-state index in [2.05, 4.69) is 25.4 Å². The first kappa shape index (κ1) is 34.4. The fourth-order valence-electron chi connectivity index (χ4n) is 9.58. The van der Waals surface area contributed by atoms with Gasteiger partial charge in [-0.05, 0) is 62.6 Å². The molecule has 0 radical (unpaired) electrons. The highest BCUT2D eigenvalue weighted by Crippen LogP contribution is 2.51. The van der Waals surface area contributed by atoms with Gasteiger partial charge in [-0.15, -0.1) is 11.3 Å². The number of piperidine rings is 1. The highest BCUT2D eigenvalue weighted by atomic mass is 35.5. The number of amides is 1. The van der Waals surface area contributed by atoms with Gasteiger partial charge in [0, 0.05) is 55.0 Å². The zero-order valence-electron chi connectivity index (χ0n) is 29.3. The first-order valence-electron chi connectivity index (χ1n) is 18.8. The number of carbonyl (C=O) groups excluding carboxylic acids is 1. The Kier molecular flexibility index (Phi) is 8.10. The van der Waals surface area contributed by atoms with Crippen LogP contribution in [0.15, 0.2) is 12.1 Å². The van der Waals surface area contributed by atoms with E-state index in [4.69, 9.17) is 31.8 Å². The molecule has 4 saturated heterocycles. The van der Waals surface area contributed by atoms with Crippen LogP contribution in [0.5, 0.6) is 11.8 Å². The number of nitrogens with zero attached hydrogens (tertiary/aromatic N) is 5. The van der Waals surface area contributed by atoms with E-state index >= 15 is 8.78 Å². The number of aromatic nitrogens is 2. The topological polar surface area (TPSA) is 152 Å². The molecular formula is C38H38ClF3N8O3S. The molecule has 4 aromatic rings. The number of halogens is 4. The van der Waals surface area contributed by atoms with E-state index < -0.39 is 23.3 Å². The van der Waals surface area contributed by atoms with Gasteiger partial charge < -0.3 is 25.4 Å². The van der Waals surface area contributed by atoms with Gasteiger partial charge in [0.25, 0.3) is 0 Å². The Balaban J connectivity index is 1.11. The Hall–Kier alpha value is -4.10. The summed E-state index contributed by atoms with van der Waals surface area (Å²) in [5.74, 6) is -0.353. The molecule has 1 amide bonds. The molecule has 4 N–H and O–H groups in total. The van der Waals surface area contributed by atoms with Crippen molar-refractivity contribution < 1.29 is 27.4 Å². The summed E-state index contributed by atoms with van der Waals surface area (Å²) >= 11 is 8.05. The van der Waals surface area contributed by atoms with Crippen LogP contribution in [0, 0.1) is 28.9 Å². The summed E-state index contributed by atoms with van der Waals surface area (Å²) in [5, 5.41) is 17.0. The fraction of sp³-hybridized carbons (Fsp3) is 0.526. The molecule has 54 heavy (non-hydrogen) atoms. The van der Waals surface area contributed by atoms with Gasteiger partial charge in [-0.25, -0.2) is 13.2 Å². The summed E-state index contributed by atoms with van der Waals surface area (Å²) in [6.45, 7) is 1.90. The largest absolute Gasteiger partial charge is 0.491 e. The molecule has 1 aliphatic carbocycles. The number of carbonyl (C=O) groups is 1. The van der Waals surface area contributed by atoms with Crippen LogP contribution in [0.1, 0.15) is 56.9 Å². The number of anilines is 2. The maximum Gasteiger partial charge on any atom is 0.319 e. The molecule has 0 bridgehead atoms. The highest BCUT2D eigenvalue weighted by Gasteiger charge is 2.52. The molecule has 5 fully saturated rings. The van der Waals surface area contributed by atoms with Crippen molar-refractivity contribution >= 4 is 60.7 Å². The van der Waals surface area contributed by atoms with Crippen LogP contribution >= 0.6 is 22.9 Å². The van der Waals surface area contributed by atoms with Crippen molar-refractivity contribution in [1.29, 1.82) is 5.26 Å². The van der Waals surface area contributed by atoms with Gasteiger partial charge in [0.1, 0.15) is 47.0 Å². The first-order chi connectivity index (χ1) is 26.1. The standard InChI is InChI=1S/C38H38ClF3N8O3S/c39-27-25(21-6-7-23(41)33-24(21)22(13-43)34(44)54-33)28(42)30-26-32(27)52-11-8-20-5-4-19(45-36(51)31-29(46-31)17-2-3-17)15-50(20)35(26)48-37(47-30)53-16-38-9-1-10-49(38)14-18(40)12-38/h6-7,17-20,29,31,46H,1-5,8-12,14-16,44H2,(H,45,51)/t18-,19?,20?,29?,31-,38+/m1/s1. The van der Waals surface area contributed by atoms with E-state index in [1.807, 2.05) is 6.07 Å². The van der Waals surface area contributed by atoms with Crippen molar-refractivity contribution in [2.45, 2.75) is 87.2 Å². The smallest absolute Gasteiger partial charge is 0.319 e. The van der Waals surface area contributed by atoms with Gasteiger partial charge >= 0.3 is 6.01 Å². The van der Waals surface area contributed by atoms with Crippen LogP contribution in [0.4, 0.5) is 24.0 Å². The van der Waals surface area contributed by atoms with E-state index in [0.717, 1.165) is 56.4 Å². The predicted octanol–water partition coefficient (Wildman–Crippen LogP) is 5.84. The van der Waals surface area contributed by atoms with E-state index in [0.29, 0.717) is 37.7 Å². The quantitative estimate of drug-likeness (QED) is 0.195. The number of nitriles is 1. The molecule has 5 aliphatic heterocycles. The second-order valence-corrected chi connectivity index (χ2v) is 17.2. The van der Waals surface area contributed by atoms with Gasteiger partial charge in [0.15, 0.2) is 11.6 Å². The number of thiophene rings is 1. The number of ether oxygens (including phenoxy) is 2. The Labute approximate surface area is 317 Å². The lowest BCUT2D eigenvalue weighted by atomic mass is 9.93. The number of alkyl halides is 1. The van der Waals surface area contributed by atoms with E-state index in [1.165, 1.54) is 12.1 Å². The zero-order chi connectivity index (χ0) is 37.0. The molecule has 11 nitrogen and oxygen atoms in total. The average Bonchev–Trinajstić information content (AvgIpc) is 4.05. The lowest BCUT2D eigenvalue weighted by Crippen LogP contribution is -2.54. The third-order valence-corrected chi connectivity index (χ3v) is 13.8. The van der Waals surface area contributed by atoms with Gasteiger partial charge in [-0.2, -0.15) is 15.2 Å². The van der Waals surface area contributed by atoms with Crippen LogP contribution in [0.2, 0.25) is 5.02 Å². The number of benzene rings is 2. The van der Waals surface area contributed by atoms with Crippen molar-refractivity contribution in [2.24, 2.45) is 5.92 Å². The van der Waals surface area contributed by atoms with Crippen molar-refractivity contribution in [3.8, 4) is 29.0 Å². The summed E-state index contributed by atoms with van der Waals surface area (Å²) in [6.07, 6.45) is 5.41. The van der Waals surface area contributed by atoms with Crippen LogP contribution in [0.3, 0.4) is 0 Å². The molecule has 10 rings (SSSR count). The van der Waals surface area contributed by atoms with Crippen LogP contribution in [0.25, 0.3) is 32.1 Å². The maximum atomic E-state index is 17.5. The number of fused-ring (bicyclic) bond motifs is 4. The van der Waals surface area contributed by atoms with Crippen molar-refractivity contribution in [3.63, 3.8) is 0 Å². The van der Waals surface area contributed by atoms with Gasteiger partial charge in [0.05, 0.1) is 32.8 Å². The summed E-state index contributed by atoms with van der Waals surface area (Å²) in [4.78, 5) is 27.1. The Morgan fingerprint density at radius 3 is 2.87 bits per heavy atom. The van der Waals surface area contributed by atoms with Crippen LogP contribution in [-0.2, 0) is 4.79 Å². The Bertz CT molecular complexity index is 2280. The van der Waals surface area contributed by atoms with Crippen molar-refractivity contribution in [3.05, 3.63) is 34.4 Å². The first-order valence-corrected chi connectivity index (χ1v) is 19.9. The van der Waals surface area contributed by atoms with Crippen LogP contribution < -0.4 is 30.7 Å². The second-order valence-electron chi connectivity index (χ2n) is 15.7. The molecule has 2 aromatic heterocycles. The Morgan fingerprint density at radius 1 is 1.20 bits per heavy atom. The number of rotatable bonds is 7. The molecule has 7 heterocycles. The summed E-state index contributed by atoms with van der Waals surface area (Å²) < 4.78 is 60.1. The third kappa shape index (κ3) is 5.46. The number of nitrogens with two attached hydrogens (primary N) is 1. The molecule has 3 unspecified atom stereocenters. The van der Waals surface area contributed by atoms with Gasteiger partial charge in [0.2, 0.25) is 5.91 Å². The third-order valence-electron chi connectivity index (χ3n) is 12.4.